The van der Waals surface area contributed by atoms with Gasteiger partial charge in [-0.3, -0.25) is 9.48 Å². The summed E-state index contributed by atoms with van der Waals surface area (Å²) in [6, 6.07) is 0.257. The molecule has 1 aliphatic rings. The van der Waals surface area contributed by atoms with Gasteiger partial charge in [-0.2, -0.15) is 5.10 Å². The predicted octanol–water partition coefficient (Wildman–Crippen LogP) is 1.78. The monoisotopic (exact) mass is 237 g/mol. The number of aryl methyl sites for hydroxylation is 2. The largest absolute Gasteiger partial charge is 0.481 e. The fourth-order valence-corrected chi connectivity index (χ4v) is 2.51. The van der Waals surface area contributed by atoms with Crippen LogP contribution in [0, 0.1) is 12.8 Å². The number of aliphatic carboxylic acids is 1. The summed E-state index contributed by atoms with van der Waals surface area (Å²) in [5.74, 6) is -0.863. The minimum absolute atomic E-state index is 0.196. The van der Waals surface area contributed by atoms with Gasteiger partial charge in [-0.25, -0.2) is 0 Å². The molecule has 5 nitrogen and oxygen atoms in total. The Bertz CT molecular complexity index is 414. The fraction of sp³-hybridized carbons (Fsp3) is 0.667. The number of hydrogen-bond donors (Lipinski definition) is 2. The van der Waals surface area contributed by atoms with Gasteiger partial charge in [0.15, 0.2) is 0 Å². The Kier molecular flexibility index (Phi) is 3.36. The summed E-state index contributed by atoms with van der Waals surface area (Å²) in [7, 11) is 1.89. The van der Waals surface area contributed by atoms with Crippen LogP contribution in [0.15, 0.2) is 6.20 Å². The van der Waals surface area contributed by atoms with E-state index in [1.165, 1.54) is 0 Å². The molecule has 0 aromatic carbocycles. The molecule has 0 aliphatic heterocycles. The molecule has 1 aliphatic carbocycles. The van der Waals surface area contributed by atoms with Crippen LogP contribution in [-0.4, -0.2) is 26.9 Å². The Morgan fingerprint density at radius 2 is 2.35 bits per heavy atom. The van der Waals surface area contributed by atoms with Crippen molar-refractivity contribution in [3.05, 3.63) is 11.9 Å². The number of hydrogen-bond acceptors (Lipinski definition) is 3. The zero-order chi connectivity index (χ0) is 12.4. The molecule has 2 atom stereocenters. The predicted molar refractivity (Wildman–Crippen MR) is 64.9 cm³/mol. The number of anilines is 1. The maximum absolute atomic E-state index is 11.0. The molecular formula is C12H19N3O2. The number of aromatic nitrogens is 2. The van der Waals surface area contributed by atoms with E-state index in [0.717, 1.165) is 30.6 Å². The molecular weight excluding hydrogens is 218 g/mol. The van der Waals surface area contributed by atoms with E-state index in [0.29, 0.717) is 6.42 Å². The highest BCUT2D eigenvalue weighted by Crippen LogP contribution is 2.27. The van der Waals surface area contributed by atoms with Crippen molar-refractivity contribution >= 4 is 11.7 Å². The number of rotatable bonds is 3. The third kappa shape index (κ3) is 2.78. The Morgan fingerprint density at radius 3 is 2.94 bits per heavy atom. The topological polar surface area (TPSA) is 67.2 Å². The first kappa shape index (κ1) is 12.0. The van der Waals surface area contributed by atoms with Crippen LogP contribution in [-0.2, 0) is 11.8 Å². The number of nitrogens with zero attached hydrogens (tertiary/aromatic N) is 2. The second-order valence-electron chi connectivity index (χ2n) is 4.84. The third-order valence-electron chi connectivity index (χ3n) is 3.40. The smallest absolute Gasteiger partial charge is 0.306 e. The minimum atomic E-state index is -0.667. The van der Waals surface area contributed by atoms with Crippen molar-refractivity contribution in [2.24, 2.45) is 13.0 Å². The molecule has 2 unspecified atom stereocenters. The quantitative estimate of drug-likeness (QED) is 0.841. The first-order chi connectivity index (χ1) is 8.06. The molecule has 2 N–H and O–H groups in total. The highest BCUT2D eigenvalue weighted by Gasteiger charge is 2.27. The molecule has 2 rings (SSSR count). The minimum Gasteiger partial charge on any atom is -0.481 e. The van der Waals surface area contributed by atoms with Crippen LogP contribution < -0.4 is 5.32 Å². The van der Waals surface area contributed by atoms with Gasteiger partial charge in [-0.05, 0) is 26.2 Å². The third-order valence-corrected chi connectivity index (χ3v) is 3.40. The summed E-state index contributed by atoms with van der Waals surface area (Å²) in [6.45, 7) is 1.96. The molecule has 17 heavy (non-hydrogen) atoms. The molecule has 94 valence electrons. The molecule has 0 bridgehead atoms. The average Bonchev–Trinajstić information content (AvgIpc) is 2.58. The van der Waals surface area contributed by atoms with E-state index in [-0.39, 0.29) is 12.0 Å². The summed E-state index contributed by atoms with van der Waals surface area (Å²) in [4.78, 5) is 11.0. The highest BCUT2D eigenvalue weighted by atomic mass is 16.4. The Balaban J connectivity index is 1.99. The lowest BCUT2D eigenvalue weighted by atomic mass is 9.85. The SMILES string of the molecule is Cc1nn(C)cc1NC1CCCC(C(=O)O)C1. The molecule has 1 aromatic rings. The summed E-state index contributed by atoms with van der Waals surface area (Å²) < 4.78 is 1.77. The van der Waals surface area contributed by atoms with Crippen molar-refractivity contribution in [3.63, 3.8) is 0 Å². The number of nitrogens with one attached hydrogen (secondary N) is 1. The van der Waals surface area contributed by atoms with Gasteiger partial charge in [0.1, 0.15) is 0 Å². The van der Waals surface area contributed by atoms with Crippen LogP contribution in [0.25, 0.3) is 0 Å². The maximum atomic E-state index is 11.0. The summed E-state index contributed by atoms with van der Waals surface area (Å²) >= 11 is 0. The van der Waals surface area contributed by atoms with E-state index in [9.17, 15) is 4.79 Å². The number of carbonyl (C=O) groups is 1. The summed E-state index contributed by atoms with van der Waals surface area (Å²) in [5, 5.41) is 16.7. The van der Waals surface area contributed by atoms with E-state index in [4.69, 9.17) is 5.11 Å². The average molecular weight is 237 g/mol. The van der Waals surface area contributed by atoms with Crippen LogP contribution in [0.2, 0.25) is 0 Å². The van der Waals surface area contributed by atoms with Gasteiger partial charge < -0.3 is 10.4 Å². The van der Waals surface area contributed by atoms with E-state index in [1.807, 2.05) is 20.2 Å². The van der Waals surface area contributed by atoms with Gasteiger partial charge in [-0.1, -0.05) is 6.42 Å². The second-order valence-corrected chi connectivity index (χ2v) is 4.84. The Morgan fingerprint density at radius 1 is 1.59 bits per heavy atom. The Labute approximate surface area is 101 Å². The summed E-state index contributed by atoms with van der Waals surface area (Å²) in [5.41, 5.74) is 1.98. The van der Waals surface area contributed by atoms with Crippen molar-refractivity contribution in [2.75, 3.05) is 5.32 Å². The lowest BCUT2D eigenvalue weighted by Gasteiger charge is -2.27. The zero-order valence-electron chi connectivity index (χ0n) is 10.3. The van der Waals surface area contributed by atoms with E-state index in [1.54, 1.807) is 4.68 Å². The molecule has 5 heteroatoms. The molecule has 0 saturated heterocycles. The molecule has 1 aromatic heterocycles. The highest BCUT2D eigenvalue weighted by molar-refractivity contribution is 5.70. The molecule has 1 heterocycles. The first-order valence-corrected chi connectivity index (χ1v) is 6.06. The molecule has 1 saturated carbocycles. The van der Waals surface area contributed by atoms with Crippen LogP contribution in [0.3, 0.4) is 0 Å². The van der Waals surface area contributed by atoms with Crippen molar-refractivity contribution < 1.29 is 9.90 Å². The first-order valence-electron chi connectivity index (χ1n) is 6.06. The van der Waals surface area contributed by atoms with Gasteiger partial charge in [0, 0.05) is 19.3 Å². The van der Waals surface area contributed by atoms with Gasteiger partial charge in [0.2, 0.25) is 0 Å². The number of carboxylic acids is 1. The van der Waals surface area contributed by atoms with Gasteiger partial charge in [0.05, 0.1) is 17.3 Å². The van der Waals surface area contributed by atoms with Crippen LogP contribution in [0.4, 0.5) is 5.69 Å². The molecule has 1 fully saturated rings. The van der Waals surface area contributed by atoms with Crippen molar-refractivity contribution in [1.82, 2.24) is 9.78 Å². The lowest BCUT2D eigenvalue weighted by molar-refractivity contribution is -0.142. The van der Waals surface area contributed by atoms with Gasteiger partial charge in [-0.15, -0.1) is 0 Å². The van der Waals surface area contributed by atoms with Crippen molar-refractivity contribution in [2.45, 2.75) is 38.6 Å². The van der Waals surface area contributed by atoms with E-state index in [2.05, 4.69) is 10.4 Å². The maximum Gasteiger partial charge on any atom is 0.306 e. The number of carboxylic acid groups (broad SMARTS) is 1. The second kappa shape index (κ2) is 4.77. The van der Waals surface area contributed by atoms with Gasteiger partial charge in [0.25, 0.3) is 0 Å². The fourth-order valence-electron chi connectivity index (χ4n) is 2.51. The molecule has 0 amide bonds. The van der Waals surface area contributed by atoms with Crippen LogP contribution in [0.5, 0.6) is 0 Å². The van der Waals surface area contributed by atoms with E-state index >= 15 is 0 Å². The van der Waals surface area contributed by atoms with Crippen molar-refractivity contribution in [1.29, 1.82) is 0 Å². The zero-order valence-corrected chi connectivity index (χ0v) is 10.3. The normalized spacial score (nSPS) is 24.6. The summed E-state index contributed by atoms with van der Waals surface area (Å²) in [6.07, 6.45) is 5.48. The molecule has 0 spiro atoms. The standard InChI is InChI=1S/C12H19N3O2/c1-8-11(7-15(2)14-8)13-10-5-3-4-9(6-10)12(16)17/h7,9-10,13H,3-6H2,1-2H3,(H,16,17). The van der Waals surface area contributed by atoms with Crippen LogP contribution >= 0.6 is 0 Å². The van der Waals surface area contributed by atoms with Gasteiger partial charge >= 0.3 is 5.97 Å². The molecule has 0 radical (unpaired) electrons. The van der Waals surface area contributed by atoms with Crippen LogP contribution in [0.1, 0.15) is 31.4 Å². The van der Waals surface area contributed by atoms with Crippen molar-refractivity contribution in [3.8, 4) is 0 Å². The lowest BCUT2D eigenvalue weighted by Crippen LogP contribution is -2.31. The van der Waals surface area contributed by atoms with E-state index < -0.39 is 5.97 Å². The Hall–Kier alpha value is -1.52.